The molecule has 3 rings (SSSR count). The highest BCUT2D eigenvalue weighted by Gasteiger charge is 2.26. The lowest BCUT2D eigenvalue weighted by molar-refractivity contribution is 0.0711. The first-order chi connectivity index (χ1) is 10.6. The van der Waals surface area contributed by atoms with E-state index in [1.807, 2.05) is 37.9 Å². The molecule has 0 aromatic carbocycles. The molecule has 1 N–H and O–H groups in total. The van der Waals surface area contributed by atoms with Gasteiger partial charge in [0.25, 0.3) is 5.91 Å². The summed E-state index contributed by atoms with van der Waals surface area (Å²) in [6.07, 6.45) is 2.01. The van der Waals surface area contributed by atoms with Gasteiger partial charge in [-0.3, -0.25) is 4.79 Å². The van der Waals surface area contributed by atoms with Crippen LogP contribution in [-0.2, 0) is 0 Å². The van der Waals surface area contributed by atoms with Gasteiger partial charge in [-0.05, 0) is 45.9 Å². The van der Waals surface area contributed by atoms with Gasteiger partial charge in [0.2, 0.25) is 0 Å². The van der Waals surface area contributed by atoms with Crippen molar-refractivity contribution in [2.75, 3.05) is 20.1 Å². The molecule has 1 aliphatic heterocycles. The molecule has 6 heteroatoms. The van der Waals surface area contributed by atoms with Gasteiger partial charge in [-0.25, -0.2) is 4.98 Å². The van der Waals surface area contributed by atoms with Gasteiger partial charge in [-0.2, -0.15) is 0 Å². The van der Waals surface area contributed by atoms with Gasteiger partial charge in [0, 0.05) is 19.1 Å². The molecule has 0 aliphatic carbocycles. The number of aromatic nitrogens is 1. The van der Waals surface area contributed by atoms with Crippen LogP contribution in [0.3, 0.4) is 0 Å². The lowest BCUT2D eigenvalue weighted by atomic mass is 10.1. The highest BCUT2D eigenvalue weighted by molar-refractivity contribution is 7.17. The van der Waals surface area contributed by atoms with E-state index in [0.29, 0.717) is 6.04 Å². The first-order valence-electron chi connectivity index (χ1n) is 7.59. The Labute approximate surface area is 134 Å². The van der Waals surface area contributed by atoms with Crippen molar-refractivity contribution < 1.29 is 9.21 Å². The topological polar surface area (TPSA) is 58.4 Å². The van der Waals surface area contributed by atoms with Crippen molar-refractivity contribution in [2.45, 2.75) is 32.7 Å². The van der Waals surface area contributed by atoms with Crippen molar-refractivity contribution in [1.29, 1.82) is 0 Å². The number of carbonyl (C=O) groups excluding carboxylic acids is 1. The molecule has 0 atom stereocenters. The molecule has 2 aromatic rings. The summed E-state index contributed by atoms with van der Waals surface area (Å²) in [5, 5.41) is 4.06. The highest BCUT2D eigenvalue weighted by Crippen LogP contribution is 2.30. The van der Waals surface area contributed by atoms with Crippen molar-refractivity contribution in [2.24, 2.45) is 0 Å². The molecule has 5 nitrogen and oxygen atoms in total. The average molecular weight is 319 g/mol. The molecule has 0 saturated carbocycles. The van der Waals surface area contributed by atoms with E-state index in [4.69, 9.17) is 4.42 Å². The van der Waals surface area contributed by atoms with Gasteiger partial charge >= 0.3 is 0 Å². The Balaban J connectivity index is 1.77. The van der Waals surface area contributed by atoms with Crippen LogP contribution in [0.4, 0.5) is 0 Å². The van der Waals surface area contributed by atoms with Gasteiger partial charge in [-0.1, -0.05) is 0 Å². The molecule has 3 heterocycles. The number of piperidine rings is 1. The first kappa shape index (κ1) is 15.2. The third kappa shape index (κ3) is 2.94. The molecule has 0 spiro atoms. The molecule has 0 bridgehead atoms. The minimum atomic E-state index is 0.0964. The lowest BCUT2D eigenvalue weighted by Gasteiger charge is -2.31. The van der Waals surface area contributed by atoms with E-state index in [1.54, 1.807) is 0 Å². The maximum Gasteiger partial charge on any atom is 0.265 e. The number of furan rings is 1. The van der Waals surface area contributed by atoms with Crippen molar-refractivity contribution in [3.05, 3.63) is 28.5 Å². The minimum absolute atomic E-state index is 0.0964. The molecule has 1 saturated heterocycles. The molecule has 2 aromatic heterocycles. The zero-order valence-corrected chi connectivity index (χ0v) is 14.0. The van der Waals surface area contributed by atoms with Crippen LogP contribution in [0, 0.1) is 13.8 Å². The van der Waals surface area contributed by atoms with Gasteiger partial charge in [0.15, 0.2) is 10.8 Å². The van der Waals surface area contributed by atoms with Crippen LogP contribution in [0.25, 0.3) is 10.8 Å². The second-order valence-corrected chi connectivity index (χ2v) is 6.70. The summed E-state index contributed by atoms with van der Waals surface area (Å²) in [6, 6.07) is 4.34. The molecule has 1 fully saturated rings. The maximum atomic E-state index is 12.7. The summed E-state index contributed by atoms with van der Waals surface area (Å²) in [6.45, 7) is 5.40. The molecule has 118 valence electrons. The van der Waals surface area contributed by atoms with E-state index >= 15 is 0 Å². The van der Waals surface area contributed by atoms with Crippen LogP contribution in [0.2, 0.25) is 0 Å². The maximum absolute atomic E-state index is 12.7. The Morgan fingerprint density at radius 1 is 1.36 bits per heavy atom. The number of nitrogens with one attached hydrogen (secondary N) is 1. The zero-order chi connectivity index (χ0) is 15.7. The van der Waals surface area contributed by atoms with Crippen LogP contribution < -0.4 is 5.32 Å². The standard InChI is InChI=1S/C16H21N3O2S/c1-10-4-5-13(21-10)15-18-11(2)14(22-15)16(20)19-8-6-12(17-3)7-9-19/h4-5,12,17H,6-9H2,1-3H3. The third-order valence-electron chi connectivity index (χ3n) is 4.13. The van der Waals surface area contributed by atoms with E-state index < -0.39 is 0 Å². The lowest BCUT2D eigenvalue weighted by Crippen LogP contribution is -2.43. The fraction of sp³-hybridized carbons (Fsp3) is 0.500. The number of thiazole rings is 1. The molecule has 0 unspecified atom stereocenters. The molecule has 1 aliphatic rings. The Bertz CT molecular complexity index is 669. The SMILES string of the molecule is CNC1CCN(C(=O)c2sc(-c3ccc(C)o3)nc2C)CC1. The monoisotopic (exact) mass is 319 g/mol. The highest BCUT2D eigenvalue weighted by atomic mass is 32.1. The van der Waals surface area contributed by atoms with Crippen LogP contribution in [-0.4, -0.2) is 42.0 Å². The molecule has 22 heavy (non-hydrogen) atoms. The van der Waals surface area contributed by atoms with Crippen LogP contribution in [0.5, 0.6) is 0 Å². The number of nitrogens with zero attached hydrogens (tertiary/aromatic N) is 2. The first-order valence-corrected chi connectivity index (χ1v) is 8.41. The second-order valence-electron chi connectivity index (χ2n) is 5.70. The summed E-state index contributed by atoms with van der Waals surface area (Å²) in [7, 11) is 1.98. The molecule has 1 amide bonds. The summed E-state index contributed by atoms with van der Waals surface area (Å²) in [4.78, 5) is 19.9. The van der Waals surface area contributed by atoms with Gasteiger partial charge in [0.05, 0.1) is 5.69 Å². The van der Waals surface area contributed by atoms with Gasteiger partial charge in [-0.15, -0.1) is 11.3 Å². The van der Waals surface area contributed by atoms with Gasteiger partial charge < -0.3 is 14.6 Å². The van der Waals surface area contributed by atoms with Crippen molar-refractivity contribution in [3.63, 3.8) is 0 Å². The molecular weight excluding hydrogens is 298 g/mol. The summed E-state index contributed by atoms with van der Waals surface area (Å²) in [5.41, 5.74) is 0.787. The number of aryl methyl sites for hydroxylation is 2. The van der Waals surface area contributed by atoms with Crippen molar-refractivity contribution >= 4 is 17.2 Å². The van der Waals surface area contributed by atoms with E-state index in [0.717, 1.165) is 53.0 Å². The summed E-state index contributed by atoms with van der Waals surface area (Å²) < 4.78 is 5.61. The van der Waals surface area contributed by atoms with Crippen molar-refractivity contribution in [1.82, 2.24) is 15.2 Å². The van der Waals surface area contributed by atoms with Crippen LogP contribution >= 0.6 is 11.3 Å². The predicted octanol–water partition coefficient (Wildman–Crippen LogP) is 2.84. The zero-order valence-electron chi connectivity index (χ0n) is 13.2. The number of amides is 1. The Kier molecular flexibility index (Phi) is 4.31. The minimum Gasteiger partial charge on any atom is -0.459 e. The number of rotatable bonds is 3. The average Bonchev–Trinajstić information content (AvgIpc) is 3.12. The van der Waals surface area contributed by atoms with E-state index in [2.05, 4.69) is 10.3 Å². The fourth-order valence-electron chi connectivity index (χ4n) is 2.76. The van der Waals surface area contributed by atoms with Crippen LogP contribution in [0.15, 0.2) is 16.5 Å². The number of hydrogen-bond acceptors (Lipinski definition) is 5. The Morgan fingerprint density at radius 2 is 2.09 bits per heavy atom. The van der Waals surface area contributed by atoms with Crippen LogP contribution in [0.1, 0.15) is 34.0 Å². The Morgan fingerprint density at radius 3 is 2.68 bits per heavy atom. The van der Waals surface area contributed by atoms with Crippen molar-refractivity contribution in [3.8, 4) is 10.8 Å². The summed E-state index contributed by atoms with van der Waals surface area (Å²) in [5.74, 6) is 1.68. The largest absolute Gasteiger partial charge is 0.459 e. The van der Waals surface area contributed by atoms with E-state index in [-0.39, 0.29) is 5.91 Å². The quantitative estimate of drug-likeness (QED) is 0.945. The molecular formula is C16H21N3O2S. The van der Waals surface area contributed by atoms with E-state index in [1.165, 1.54) is 11.3 Å². The smallest absolute Gasteiger partial charge is 0.265 e. The number of carbonyl (C=O) groups is 1. The summed E-state index contributed by atoms with van der Waals surface area (Å²) >= 11 is 1.42. The molecule has 0 radical (unpaired) electrons. The van der Waals surface area contributed by atoms with E-state index in [9.17, 15) is 4.79 Å². The predicted molar refractivity (Wildman–Crippen MR) is 87.3 cm³/mol. The Hall–Kier alpha value is -1.66. The third-order valence-corrected chi connectivity index (χ3v) is 5.29. The number of hydrogen-bond donors (Lipinski definition) is 1. The fourth-order valence-corrected chi connectivity index (χ4v) is 3.76. The normalized spacial score (nSPS) is 16.2. The van der Waals surface area contributed by atoms with Gasteiger partial charge in [0.1, 0.15) is 10.6 Å². The second kappa shape index (κ2) is 6.22. The number of likely N-dealkylation sites (tertiary alicyclic amines) is 1.